The number of amides is 1. The fraction of sp³-hybridized carbons (Fsp3) is 0.222. The van der Waals surface area contributed by atoms with Gasteiger partial charge in [0.2, 0.25) is 5.88 Å². The van der Waals surface area contributed by atoms with Crippen molar-refractivity contribution in [2.75, 3.05) is 24.9 Å². The number of halogens is 2. The second kappa shape index (κ2) is 10.2. The number of ether oxygens (including phenoxy) is 2. The summed E-state index contributed by atoms with van der Waals surface area (Å²) in [5, 5.41) is 8.92. The summed E-state index contributed by atoms with van der Waals surface area (Å²) in [6.45, 7) is 3.99. The molecule has 200 valence electrons. The standard InChI is InChI=1S/C27H25Cl2N7O3/c1-13(2)35-23-21(33-24(35)18-12-32-27(39-4)34-25(18)38-3)26(37)36(22(23)14-5-7-15(28)8-6-14)20-10-16(29)9-19(31)17(20)11-30/h5-13,22,30H,31H2,1-4H3. The zero-order valence-electron chi connectivity index (χ0n) is 21.6. The van der Waals surface area contributed by atoms with Crippen LogP contribution in [0.2, 0.25) is 10.0 Å². The number of nitrogens with two attached hydrogens (primary N) is 1. The van der Waals surface area contributed by atoms with Crippen LogP contribution in [-0.2, 0) is 0 Å². The van der Waals surface area contributed by atoms with E-state index in [0.29, 0.717) is 38.4 Å². The molecule has 1 atom stereocenters. The highest BCUT2D eigenvalue weighted by molar-refractivity contribution is 6.32. The van der Waals surface area contributed by atoms with Gasteiger partial charge in [0.15, 0.2) is 5.69 Å². The molecule has 0 fully saturated rings. The third-order valence-electron chi connectivity index (χ3n) is 6.50. The number of benzene rings is 2. The summed E-state index contributed by atoms with van der Waals surface area (Å²) in [6.07, 6.45) is 2.68. The average Bonchev–Trinajstić information content (AvgIpc) is 3.43. The lowest BCUT2D eigenvalue weighted by atomic mass is 10.0. The second-order valence-electron chi connectivity index (χ2n) is 9.11. The monoisotopic (exact) mass is 565 g/mol. The molecule has 0 saturated heterocycles. The van der Waals surface area contributed by atoms with E-state index in [-0.39, 0.29) is 35.2 Å². The number of nitrogens with zero attached hydrogens (tertiary/aromatic N) is 5. The van der Waals surface area contributed by atoms with Gasteiger partial charge in [-0.05, 0) is 43.7 Å². The summed E-state index contributed by atoms with van der Waals surface area (Å²) in [6, 6.07) is 9.81. The predicted octanol–water partition coefficient (Wildman–Crippen LogP) is 5.57. The van der Waals surface area contributed by atoms with E-state index in [1.165, 1.54) is 14.2 Å². The van der Waals surface area contributed by atoms with Gasteiger partial charge < -0.3 is 25.2 Å². The smallest absolute Gasteiger partial charge is 0.319 e. The average molecular weight is 566 g/mol. The molecule has 2 aromatic carbocycles. The fourth-order valence-corrected chi connectivity index (χ4v) is 5.22. The van der Waals surface area contributed by atoms with Crippen molar-refractivity contribution >= 4 is 46.7 Å². The molecule has 0 saturated carbocycles. The molecule has 2 aromatic heterocycles. The number of hydrogen-bond donors (Lipinski definition) is 2. The first-order valence-corrected chi connectivity index (χ1v) is 12.7. The van der Waals surface area contributed by atoms with Gasteiger partial charge in [-0.25, -0.2) is 9.97 Å². The Morgan fingerprint density at radius 1 is 1.08 bits per heavy atom. The third kappa shape index (κ3) is 4.35. The molecule has 3 heterocycles. The predicted molar refractivity (Wildman–Crippen MR) is 151 cm³/mol. The lowest BCUT2D eigenvalue weighted by Crippen LogP contribution is -2.31. The van der Waals surface area contributed by atoms with Crippen molar-refractivity contribution in [3.63, 3.8) is 0 Å². The first kappa shape index (κ1) is 26.5. The SMILES string of the molecule is COc1ncc(-c2nc3c(n2C(C)C)C(c2ccc(Cl)cc2)N(c2cc(Cl)cc(N)c2C=N)C3=O)c(OC)n1. The Labute approximate surface area is 234 Å². The van der Waals surface area contributed by atoms with Gasteiger partial charge in [0.25, 0.3) is 5.91 Å². The van der Waals surface area contributed by atoms with Crippen molar-refractivity contribution in [2.45, 2.75) is 25.9 Å². The first-order chi connectivity index (χ1) is 18.7. The summed E-state index contributed by atoms with van der Waals surface area (Å²) < 4.78 is 12.7. The summed E-state index contributed by atoms with van der Waals surface area (Å²) >= 11 is 12.6. The minimum absolute atomic E-state index is 0.128. The number of anilines is 2. The van der Waals surface area contributed by atoms with Crippen molar-refractivity contribution in [3.8, 4) is 23.3 Å². The van der Waals surface area contributed by atoms with Gasteiger partial charge in [0.05, 0.1) is 31.2 Å². The van der Waals surface area contributed by atoms with Crippen molar-refractivity contribution in [1.29, 1.82) is 5.41 Å². The van der Waals surface area contributed by atoms with Crippen molar-refractivity contribution in [2.24, 2.45) is 0 Å². The highest BCUT2D eigenvalue weighted by Crippen LogP contribution is 2.47. The van der Waals surface area contributed by atoms with Gasteiger partial charge in [-0.2, -0.15) is 4.98 Å². The highest BCUT2D eigenvalue weighted by Gasteiger charge is 2.45. The quantitative estimate of drug-likeness (QED) is 0.221. The minimum Gasteiger partial charge on any atom is -0.480 e. The van der Waals surface area contributed by atoms with Crippen LogP contribution in [0.5, 0.6) is 11.9 Å². The molecule has 10 nitrogen and oxygen atoms in total. The number of rotatable bonds is 7. The number of carbonyl (C=O) groups is 1. The Balaban J connectivity index is 1.81. The second-order valence-corrected chi connectivity index (χ2v) is 9.99. The molecule has 1 aliphatic heterocycles. The molecule has 4 aromatic rings. The van der Waals surface area contributed by atoms with Crippen LogP contribution in [0, 0.1) is 5.41 Å². The van der Waals surface area contributed by atoms with Crippen LogP contribution in [0.1, 0.15) is 53.2 Å². The number of aromatic nitrogens is 4. The third-order valence-corrected chi connectivity index (χ3v) is 6.97. The number of methoxy groups -OCH3 is 2. The van der Waals surface area contributed by atoms with Crippen LogP contribution in [-0.4, -0.2) is 45.9 Å². The summed E-state index contributed by atoms with van der Waals surface area (Å²) in [4.78, 5) is 29.1. The molecule has 0 spiro atoms. The van der Waals surface area contributed by atoms with E-state index >= 15 is 0 Å². The zero-order chi connectivity index (χ0) is 28.0. The van der Waals surface area contributed by atoms with Gasteiger partial charge in [0.1, 0.15) is 11.9 Å². The Morgan fingerprint density at radius 3 is 2.41 bits per heavy atom. The van der Waals surface area contributed by atoms with Gasteiger partial charge in [-0.15, -0.1) is 0 Å². The normalized spacial score (nSPS) is 14.6. The zero-order valence-corrected chi connectivity index (χ0v) is 23.1. The van der Waals surface area contributed by atoms with E-state index in [9.17, 15) is 4.79 Å². The van der Waals surface area contributed by atoms with Crippen LogP contribution in [0.3, 0.4) is 0 Å². The topological polar surface area (TPSA) is 132 Å². The largest absolute Gasteiger partial charge is 0.480 e. The van der Waals surface area contributed by atoms with Crippen molar-refractivity contribution < 1.29 is 14.3 Å². The van der Waals surface area contributed by atoms with Crippen LogP contribution in [0.15, 0.2) is 42.6 Å². The number of nitrogen functional groups attached to an aromatic ring is 1. The van der Waals surface area contributed by atoms with Gasteiger partial charge in [-0.3, -0.25) is 9.69 Å². The van der Waals surface area contributed by atoms with E-state index in [0.717, 1.165) is 11.8 Å². The fourth-order valence-electron chi connectivity index (χ4n) is 4.87. The maximum atomic E-state index is 14.2. The van der Waals surface area contributed by atoms with Crippen LogP contribution in [0.25, 0.3) is 11.4 Å². The lowest BCUT2D eigenvalue weighted by molar-refractivity contribution is 0.0989. The van der Waals surface area contributed by atoms with E-state index in [4.69, 9.17) is 48.8 Å². The van der Waals surface area contributed by atoms with Crippen LogP contribution >= 0.6 is 23.2 Å². The molecular formula is C27H25Cl2N7O3. The van der Waals surface area contributed by atoms with Crippen LogP contribution in [0.4, 0.5) is 11.4 Å². The van der Waals surface area contributed by atoms with Crippen molar-refractivity contribution in [1.82, 2.24) is 19.5 Å². The molecule has 0 radical (unpaired) electrons. The Bertz CT molecular complexity index is 1600. The number of carbonyl (C=O) groups excluding carboxylic acids is 1. The maximum absolute atomic E-state index is 14.2. The first-order valence-electron chi connectivity index (χ1n) is 12.0. The molecule has 1 unspecified atom stereocenters. The molecular weight excluding hydrogens is 541 g/mol. The van der Waals surface area contributed by atoms with E-state index < -0.39 is 6.04 Å². The maximum Gasteiger partial charge on any atom is 0.319 e. The summed E-state index contributed by atoms with van der Waals surface area (Å²) in [5.74, 6) is 0.358. The molecule has 0 aliphatic carbocycles. The molecule has 1 amide bonds. The van der Waals surface area contributed by atoms with Crippen LogP contribution < -0.4 is 20.1 Å². The van der Waals surface area contributed by atoms with Gasteiger partial charge in [0, 0.05) is 39.7 Å². The molecule has 1 aliphatic rings. The number of hydrogen-bond acceptors (Lipinski definition) is 8. The van der Waals surface area contributed by atoms with E-state index in [1.807, 2.05) is 30.5 Å². The lowest BCUT2D eigenvalue weighted by Gasteiger charge is -2.30. The molecule has 5 rings (SSSR count). The Morgan fingerprint density at radius 2 is 1.79 bits per heavy atom. The Kier molecular flexibility index (Phi) is 6.92. The number of imidazole rings is 1. The molecule has 39 heavy (non-hydrogen) atoms. The Hall–Kier alpha value is -4.15. The minimum atomic E-state index is -0.629. The van der Waals surface area contributed by atoms with Gasteiger partial charge in [-0.1, -0.05) is 35.3 Å². The number of fused-ring (bicyclic) bond motifs is 1. The summed E-state index contributed by atoms with van der Waals surface area (Å²) in [7, 11) is 2.96. The van der Waals surface area contributed by atoms with Crippen molar-refractivity contribution in [3.05, 3.63) is 75.2 Å². The molecule has 0 bridgehead atoms. The summed E-state index contributed by atoms with van der Waals surface area (Å²) in [5.41, 5.74) is 9.46. The highest BCUT2D eigenvalue weighted by atomic mass is 35.5. The molecule has 3 N–H and O–H groups in total. The number of nitrogens with one attached hydrogen (secondary N) is 1. The molecule has 12 heteroatoms. The van der Waals surface area contributed by atoms with Gasteiger partial charge >= 0.3 is 6.01 Å². The van der Waals surface area contributed by atoms with E-state index in [2.05, 4.69) is 9.97 Å². The van der Waals surface area contributed by atoms with E-state index in [1.54, 1.807) is 35.4 Å².